The molecule has 0 N–H and O–H groups in total. The molecule has 0 bridgehead atoms. The van der Waals surface area contributed by atoms with Crippen LogP contribution >= 0.6 is 0 Å². The van der Waals surface area contributed by atoms with E-state index in [-0.39, 0.29) is 0 Å². The molecule has 112 valence electrons. The molecule has 1 saturated carbocycles. The second kappa shape index (κ2) is 5.02. The lowest BCUT2D eigenvalue weighted by atomic mass is 10.2. The third-order valence-electron chi connectivity index (χ3n) is 3.91. The first kappa shape index (κ1) is 13.1. The molecule has 0 spiro atoms. The highest BCUT2D eigenvalue weighted by Gasteiger charge is 2.29. The van der Waals surface area contributed by atoms with Gasteiger partial charge in [-0.1, -0.05) is 17.3 Å². The van der Waals surface area contributed by atoms with Crippen LogP contribution in [0.25, 0.3) is 11.1 Å². The van der Waals surface area contributed by atoms with Crippen molar-refractivity contribution in [3.63, 3.8) is 0 Å². The Hall–Kier alpha value is -2.56. The maximum Gasteiger partial charge on any atom is 0.261 e. The Morgan fingerprint density at radius 2 is 2.05 bits per heavy atom. The molecule has 1 aliphatic carbocycles. The molecule has 2 heterocycles. The number of pyridine rings is 1. The van der Waals surface area contributed by atoms with E-state index in [1.807, 2.05) is 37.3 Å². The van der Waals surface area contributed by atoms with Gasteiger partial charge in [-0.3, -0.25) is 0 Å². The standard InChI is InChI=1S/C17H16N2O3/c1-10-4-3-5-13(20-2)16(10)21-14-9-8-12-15(11-6-7-11)19-22-17(12)18-14/h3-5,8-9,11H,6-7H2,1-2H3. The molecule has 0 atom stereocenters. The molecular weight excluding hydrogens is 280 g/mol. The van der Waals surface area contributed by atoms with Gasteiger partial charge in [0.05, 0.1) is 18.2 Å². The van der Waals surface area contributed by atoms with Crippen molar-refractivity contribution in [2.75, 3.05) is 7.11 Å². The fourth-order valence-corrected chi connectivity index (χ4v) is 2.56. The van der Waals surface area contributed by atoms with E-state index in [1.165, 1.54) is 12.8 Å². The van der Waals surface area contributed by atoms with Crippen LogP contribution in [0.15, 0.2) is 34.9 Å². The van der Waals surface area contributed by atoms with Crippen LogP contribution in [-0.2, 0) is 0 Å². The van der Waals surface area contributed by atoms with Gasteiger partial charge in [0.2, 0.25) is 5.88 Å². The molecule has 5 nitrogen and oxygen atoms in total. The van der Waals surface area contributed by atoms with Gasteiger partial charge in [-0.2, -0.15) is 4.98 Å². The zero-order valence-corrected chi connectivity index (χ0v) is 12.5. The van der Waals surface area contributed by atoms with Crippen molar-refractivity contribution < 1.29 is 14.0 Å². The number of para-hydroxylation sites is 1. The van der Waals surface area contributed by atoms with Gasteiger partial charge < -0.3 is 14.0 Å². The number of hydrogen-bond acceptors (Lipinski definition) is 5. The van der Waals surface area contributed by atoms with E-state index < -0.39 is 0 Å². The van der Waals surface area contributed by atoms with Crippen LogP contribution in [0, 0.1) is 6.92 Å². The van der Waals surface area contributed by atoms with Crippen LogP contribution in [-0.4, -0.2) is 17.3 Å². The number of aromatic nitrogens is 2. The van der Waals surface area contributed by atoms with Crippen LogP contribution in [0.2, 0.25) is 0 Å². The summed E-state index contributed by atoms with van der Waals surface area (Å²) in [5, 5.41) is 5.12. The van der Waals surface area contributed by atoms with E-state index in [0.717, 1.165) is 16.6 Å². The lowest BCUT2D eigenvalue weighted by Gasteiger charge is -2.11. The predicted molar refractivity (Wildman–Crippen MR) is 81.6 cm³/mol. The second-order valence-corrected chi connectivity index (χ2v) is 5.55. The Bertz CT molecular complexity index is 837. The number of fused-ring (bicyclic) bond motifs is 1. The topological polar surface area (TPSA) is 57.4 Å². The number of methoxy groups -OCH3 is 1. The summed E-state index contributed by atoms with van der Waals surface area (Å²) >= 11 is 0. The van der Waals surface area contributed by atoms with E-state index in [2.05, 4.69) is 10.1 Å². The summed E-state index contributed by atoms with van der Waals surface area (Å²) in [5.41, 5.74) is 2.52. The van der Waals surface area contributed by atoms with E-state index in [0.29, 0.717) is 29.0 Å². The van der Waals surface area contributed by atoms with E-state index >= 15 is 0 Å². The minimum atomic E-state index is 0.471. The highest BCUT2D eigenvalue weighted by atomic mass is 16.5. The van der Waals surface area contributed by atoms with Gasteiger partial charge in [-0.05, 0) is 37.5 Å². The quantitative estimate of drug-likeness (QED) is 0.721. The number of aryl methyl sites for hydroxylation is 1. The van der Waals surface area contributed by atoms with Crippen molar-refractivity contribution in [3.8, 4) is 17.4 Å². The summed E-state index contributed by atoms with van der Waals surface area (Å²) in [5.74, 6) is 2.35. The third-order valence-corrected chi connectivity index (χ3v) is 3.91. The summed E-state index contributed by atoms with van der Waals surface area (Å²) in [6.07, 6.45) is 2.36. The van der Waals surface area contributed by atoms with Crippen molar-refractivity contribution in [2.24, 2.45) is 0 Å². The largest absolute Gasteiger partial charge is 0.493 e. The average Bonchev–Trinajstić information content (AvgIpc) is 3.29. The summed E-state index contributed by atoms with van der Waals surface area (Å²) in [4.78, 5) is 4.41. The molecular formula is C17H16N2O3. The van der Waals surface area contributed by atoms with Crippen molar-refractivity contribution in [3.05, 3.63) is 41.6 Å². The number of ether oxygens (including phenoxy) is 2. The summed E-state index contributed by atoms with van der Waals surface area (Å²) < 4.78 is 16.6. The minimum Gasteiger partial charge on any atom is -0.493 e. The third kappa shape index (κ3) is 2.19. The summed E-state index contributed by atoms with van der Waals surface area (Å²) in [6, 6.07) is 9.57. The van der Waals surface area contributed by atoms with Crippen LogP contribution < -0.4 is 9.47 Å². The van der Waals surface area contributed by atoms with E-state index in [9.17, 15) is 0 Å². The molecule has 3 aromatic rings. The zero-order chi connectivity index (χ0) is 15.1. The second-order valence-electron chi connectivity index (χ2n) is 5.55. The van der Waals surface area contributed by atoms with Gasteiger partial charge in [0.15, 0.2) is 11.5 Å². The van der Waals surface area contributed by atoms with Gasteiger partial charge in [-0.25, -0.2) is 0 Å². The van der Waals surface area contributed by atoms with Crippen LogP contribution in [0.5, 0.6) is 17.4 Å². The SMILES string of the molecule is COc1cccc(C)c1Oc1ccc2c(C3CC3)noc2n1. The maximum absolute atomic E-state index is 5.90. The molecule has 5 heteroatoms. The van der Waals surface area contributed by atoms with Crippen molar-refractivity contribution in [1.29, 1.82) is 0 Å². The van der Waals surface area contributed by atoms with Gasteiger partial charge in [0.1, 0.15) is 0 Å². The molecule has 0 saturated heterocycles. The average molecular weight is 296 g/mol. The molecule has 2 aromatic heterocycles. The molecule has 0 amide bonds. The Morgan fingerprint density at radius 1 is 1.18 bits per heavy atom. The zero-order valence-electron chi connectivity index (χ0n) is 12.5. The molecule has 1 aromatic carbocycles. The highest BCUT2D eigenvalue weighted by Crippen LogP contribution is 2.42. The number of rotatable bonds is 4. The summed E-state index contributed by atoms with van der Waals surface area (Å²) in [6.45, 7) is 1.97. The first-order valence-electron chi connectivity index (χ1n) is 7.34. The molecule has 0 aliphatic heterocycles. The van der Waals surface area contributed by atoms with Crippen molar-refractivity contribution in [1.82, 2.24) is 10.1 Å². The van der Waals surface area contributed by atoms with Crippen LogP contribution in [0.3, 0.4) is 0 Å². The Morgan fingerprint density at radius 3 is 2.82 bits per heavy atom. The minimum absolute atomic E-state index is 0.471. The van der Waals surface area contributed by atoms with Crippen LogP contribution in [0.1, 0.15) is 30.0 Å². The lowest BCUT2D eigenvalue weighted by Crippen LogP contribution is -1.94. The van der Waals surface area contributed by atoms with Gasteiger partial charge in [0, 0.05) is 12.0 Å². The van der Waals surface area contributed by atoms with E-state index in [4.69, 9.17) is 14.0 Å². The number of hydrogen-bond donors (Lipinski definition) is 0. The van der Waals surface area contributed by atoms with Crippen molar-refractivity contribution in [2.45, 2.75) is 25.7 Å². The van der Waals surface area contributed by atoms with Gasteiger partial charge >= 0.3 is 0 Å². The first-order chi connectivity index (χ1) is 10.8. The first-order valence-corrected chi connectivity index (χ1v) is 7.34. The fraction of sp³-hybridized carbons (Fsp3) is 0.294. The Kier molecular flexibility index (Phi) is 2.99. The number of benzene rings is 1. The number of nitrogens with zero attached hydrogens (tertiary/aromatic N) is 2. The smallest absolute Gasteiger partial charge is 0.261 e. The molecule has 22 heavy (non-hydrogen) atoms. The molecule has 1 aliphatic rings. The highest BCUT2D eigenvalue weighted by molar-refractivity contribution is 5.77. The molecule has 0 radical (unpaired) electrons. The van der Waals surface area contributed by atoms with Gasteiger partial charge in [0.25, 0.3) is 5.71 Å². The molecule has 1 fully saturated rings. The predicted octanol–water partition coefficient (Wildman–Crippen LogP) is 4.21. The van der Waals surface area contributed by atoms with Crippen molar-refractivity contribution >= 4 is 11.1 Å². The van der Waals surface area contributed by atoms with E-state index in [1.54, 1.807) is 7.11 Å². The maximum atomic E-state index is 5.90. The normalized spacial score (nSPS) is 14.3. The Balaban J connectivity index is 1.70. The molecule has 0 unspecified atom stereocenters. The summed E-state index contributed by atoms with van der Waals surface area (Å²) in [7, 11) is 1.62. The van der Waals surface area contributed by atoms with Gasteiger partial charge in [-0.15, -0.1) is 0 Å². The lowest BCUT2D eigenvalue weighted by molar-refractivity contribution is 0.371. The molecule has 4 rings (SSSR count). The monoisotopic (exact) mass is 296 g/mol. The fourth-order valence-electron chi connectivity index (χ4n) is 2.56. The van der Waals surface area contributed by atoms with Crippen LogP contribution in [0.4, 0.5) is 0 Å². The Labute approximate surface area is 127 Å².